The van der Waals surface area contributed by atoms with Gasteiger partial charge in [-0.15, -0.1) is 0 Å². The Morgan fingerprint density at radius 3 is 1.75 bits per heavy atom. The van der Waals surface area contributed by atoms with E-state index in [4.69, 9.17) is 59.4 Å². The van der Waals surface area contributed by atoms with Crippen molar-refractivity contribution >= 4 is 10.4 Å². The molecular formula is C17H36N4O14S. The van der Waals surface area contributed by atoms with Crippen molar-refractivity contribution in [1.29, 1.82) is 0 Å². The smallest absolute Gasteiger partial charge is 0.394 e. The Hall–Kier alpha value is -0.690. The average Bonchev–Trinajstić information content (AvgIpc) is 3.06. The molecule has 0 spiro atoms. The number of nitrogens with two attached hydrogens (primary N) is 4. The first-order chi connectivity index (χ1) is 16.6. The van der Waals surface area contributed by atoms with Gasteiger partial charge in [0.15, 0.2) is 12.6 Å². The third kappa shape index (κ3) is 7.68. The highest BCUT2D eigenvalue weighted by Gasteiger charge is 2.52. The van der Waals surface area contributed by atoms with Gasteiger partial charge in [-0.3, -0.25) is 9.11 Å². The van der Waals surface area contributed by atoms with Crippen molar-refractivity contribution in [2.75, 3.05) is 13.2 Å². The van der Waals surface area contributed by atoms with Gasteiger partial charge < -0.3 is 72.5 Å². The highest BCUT2D eigenvalue weighted by atomic mass is 32.3. The van der Waals surface area contributed by atoms with Crippen molar-refractivity contribution in [3.05, 3.63) is 0 Å². The first-order valence-electron chi connectivity index (χ1n) is 10.9. The van der Waals surface area contributed by atoms with Crippen LogP contribution in [0.25, 0.3) is 0 Å². The summed E-state index contributed by atoms with van der Waals surface area (Å²) in [6.07, 6.45) is -13.8. The molecule has 16 N–H and O–H groups in total. The monoisotopic (exact) mass is 552 g/mol. The molecule has 0 unspecified atom stereocenters. The maximum atomic E-state index is 10.6. The van der Waals surface area contributed by atoms with E-state index in [1.54, 1.807) is 0 Å². The molecule has 0 bridgehead atoms. The molecule has 19 heteroatoms. The molecule has 36 heavy (non-hydrogen) atoms. The van der Waals surface area contributed by atoms with Gasteiger partial charge in [0.05, 0.1) is 18.8 Å². The molecule has 1 aliphatic carbocycles. The Morgan fingerprint density at radius 1 is 0.750 bits per heavy atom. The summed E-state index contributed by atoms with van der Waals surface area (Å²) in [6, 6.07) is -2.76. The molecule has 3 rings (SSSR count). The highest BCUT2D eigenvalue weighted by molar-refractivity contribution is 7.79. The van der Waals surface area contributed by atoms with E-state index >= 15 is 0 Å². The standard InChI is InChI=1S/C17H34N4O10.H2O4S/c18-2-6-10(24)13(27)17(28-6)31-15-9(23)4(19)1-5(20)14(15)30-16-8(21)12(26)11(25)7(3-22)29-16;1-5(2,3)4/h4-17,22-27H,1-3,18-21H2;(H2,1,2,3,4)/t4-,5+,6-,7-,8-,9+,10-,11-,12-,13-,14-,15-,16-,17+;/m1./s1. The predicted octanol–water partition coefficient (Wildman–Crippen LogP) is -7.31. The fourth-order valence-electron chi connectivity index (χ4n) is 4.16. The quantitative estimate of drug-likeness (QED) is 0.136. The first kappa shape index (κ1) is 31.5. The summed E-state index contributed by atoms with van der Waals surface area (Å²) in [5.74, 6) is 0. The summed E-state index contributed by atoms with van der Waals surface area (Å²) >= 11 is 0. The van der Waals surface area contributed by atoms with Crippen LogP contribution in [0.5, 0.6) is 0 Å². The second-order valence-electron chi connectivity index (χ2n) is 8.75. The summed E-state index contributed by atoms with van der Waals surface area (Å²) in [6.45, 7) is -0.673. The largest absolute Gasteiger partial charge is 0.394 e. The van der Waals surface area contributed by atoms with Gasteiger partial charge in [0, 0.05) is 18.6 Å². The zero-order chi connectivity index (χ0) is 27.5. The maximum Gasteiger partial charge on any atom is 0.394 e. The summed E-state index contributed by atoms with van der Waals surface area (Å²) < 4.78 is 54.0. The summed E-state index contributed by atoms with van der Waals surface area (Å²) in [4.78, 5) is 0. The van der Waals surface area contributed by atoms with Crippen LogP contribution in [0.4, 0.5) is 0 Å². The van der Waals surface area contributed by atoms with Crippen LogP contribution in [0.3, 0.4) is 0 Å². The fraction of sp³-hybridized carbons (Fsp3) is 1.00. The van der Waals surface area contributed by atoms with Crippen LogP contribution in [0.1, 0.15) is 6.42 Å². The van der Waals surface area contributed by atoms with Gasteiger partial charge in [-0.2, -0.15) is 8.42 Å². The number of rotatable bonds is 6. The zero-order valence-electron chi connectivity index (χ0n) is 18.9. The second kappa shape index (κ2) is 12.9. The molecule has 0 amide bonds. The Labute approximate surface area is 206 Å². The molecular weight excluding hydrogens is 516 g/mol. The van der Waals surface area contributed by atoms with Crippen LogP contribution in [0, 0.1) is 0 Å². The van der Waals surface area contributed by atoms with Crippen molar-refractivity contribution in [2.24, 2.45) is 22.9 Å². The minimum atomic E-state index is -4.67. The second-order valence-corrected chi connectivity index (χ2v) is 9.64. The van der Waals surface area contributed by atoms with Crippen LogP contribution in [0.2, 0.25) is 0 Å². The minimum absolute atomic E-state index is 0.0716. The molecule has 3 fully saturated rings. The van der Waals surface area contributed by atoms with Crippen LogP contribution in [-0.4, -0.2) is 147 Å². The predicted molar refractivity (Wildman–Crippen MR) is 116 cm³/mol. The molecule has 1 saturated carbocycles. The number of aliphatic hydroxyl groups excluding tert-OH is 6. The molecule has 3 aliphatic rings. The van der Waals surface area contributed by atoms with E-state index in [-0.39, 0.29) is 13.0 Å². The van der Waals surface area contributed by atoms with E-state index in [2.05, 4.69) is 0 Å². The van der Waals surface area contributed by atoms with E-state index < -0.39 is 103 Å². The van der Waals surface area contributed by atoms with Crippen molar-refractivity contribution < 1.29 is 67.1 Å². The van der Waals surface area contributed by atoms with Gasteiger partial charge in [0.2, 0.25) is 0 Å². The molecule has 0 aromatic heterocycles. The SMILES string of the molecule is NC[C@H]1O[C@@H](O[C@@H]2[C@@H](O)[C@H](N)C[C@H](N)[C@H]2O[C@H]2O[C@H](CO)[C@@H](O)[C@H](O)[C@H]2N)[C@H](O)[C@@H]1O.O=S(=O)(O)O. The fourth-order valence-corrected chi connectivity index (χ4v) is 4.16. The highest BCUT2D eigenvalue weighted by Crippen LogP contribution is 2.31. The lowest BCUT2D eigenvalue weighted by Crippen LogP contribution is -2.68. The zero-order valence-corrected chi connectivity index (χ0v) is 19.8. The average molecular weight is 553 g/mol. The topological polar surface area (TPSA) is 337 Å². The Balaban J connectivity index is 0.000000830. The van der Waals surface area contributed by atoms with Crippen molar-refractivity contribution in [2.45, 2.75) is 92.1 Å². The van der Waals surface area contributed by atoms with Gasteiger partial charge in [-0.05, 0) is 6.42 Å². The van der Waals surface area contributed by atoms with Crippen molar-refractivity contribution in [3.8, 4) is 0 Å². The Bertz CT molecular complexity index is 787. The molecule has 0 aromatic carbocycles. The van der Waals surface area contributed by atoms with Crippen molar-refractivity contribution in [1.82, 2.24) is 0 Å². The summed E-state index contributed by atoms with van der Waals surface area (Å²) in [7, 11) is -4.67. The molecule has 18 nitrogen and oxygen atoms in total. The van der Waals surface area contributed by atoms with E-state index in [9.17, 15) is 30.6 Å². The van der Waals surface area contributed by atoms with Gasteiger partial charge in [0.1, 0.15) is 48.8 Å². The third-order valence-electron chi connectivity index (χ3n) is 6.13. The lowest BCUT2D eigenvalue weighted by atomic mass is 9.84. The van der Waals surface area contributed by atoms with Crippen molar-refractivity contribution in [3.63, 3.8) is 0 Å². The van der Waals surface area contributed by atoms with Gasteiger partial charge in [-0.1, -0.05) is 0 Å². The molecule has 0 aromatic rings. The summed E-state index contributed by atoms with van der Waals surface area (Å²) in [5, 5.41) is 60.3. The van der Waals surface area contributed by atoms with Crippen LogP contribution in [-0.2, 0) is 29.3 Å². The van der Waals surface area contributed by atoms with Gasteiger partial charge in [0.25, 0.3) is 0 Å². The molecule has 2 aliphatic heterocycles. The first-order valence-corrected chi connectivity index (χ1v) is 12.3. The molecule has 14 atom stereocenters. The van der Waals surface area contributed by atoms with Gasteiger partial charge >= 0.3 is 10.4 Å². The Kier molecular flexibility index (Phi) is 11.3. The number of hydrogen-bond donors (Lipinski definition) is 12. The van der Waals surface area contributed by atoms with E-state index in [0.29, 0.717) is 0 Å². The third-order valence-corrected chi connectivity index (χ3v) is 6.13. The number of aliphatic hydroxyl groups is 6. The minimum Gasteiger partial charge on any atom is -0.394 e. The maximum absolute atomic E-state index is 10.6. The number of hydrogen-bond acceptors (Lipinski definition) is 16. The van der Waals surface area contributed by atoms with E-state index in [0.717, 1.165) is 0 Å². The lowest BCUT2D eigenvalue weighted by molar-refractivity contribution is -0.310. The summed E-state index contributed by atoms with van der Waals surface area (Å²) in [5.41, 5.74) is 23.6. The normalized spacial score (nSPS) is 47.8. The van der Waals surface area contributed by atoms with E-state index in [1.807, 2.05) is 0 Å². The van der Waals surface area contributed by atoms with Gasteiger partial charge in [-0.25, -0.2) is 0 Å². The van der Waals surface area contributed by atoms with Crippen LogP contribution >= 0.6 is 0 Å². The lowest BCUT2D eigenvalue weighted by Gasteiger charge is -2.47. The van der Waals surface area contributed by atoms with Crippen LogP contribution < -0.4 is 22.9 Å². The van der Waals surface area contributed by atoms with Crippen LogP contribution in [0.15, 0.2) is 0 Å². The molecule has 0 radical (unpaired) electrons. The number of ether oxygens (including phenoxy) is 4. The molecule has 2 heterocycles. The Morgan fingerprint density at radius 2 is 1.25 bits per heavy atom. The van der Waals surface area contributed by atoms with E-state index in [1.165, 1.54) is 0 Å². The molecule has 214 valence electrons. The molecule has 2 saturated heterocycles.